The zero-order valence-electron chi connectivity index (χ0n) is 56.0. The summed E-state index contributed by atoms with van der Waals surface area (Å²) in [5.74, 6) is -1.04. The minimum atomic E-state index is -0.857. The van der Waals surface area contributed by atoms with Gasteiger partial charge >= 0.3 is 64.8 Å². The molecule has 0 aliphatic heterocycles. The van der Waals surface area contributed by atoms with Crippen LogP contribution in [-0.4, -0.2) is 125 Å². The van der Waals surface area contributed by atoms with Gasteiger partial charge in [-0.2, -0.15) is 10.5 Å². The number of imidazole rings is 3. The number of carbonyl (C=O) groups excluding carboxylic acids is 7. The summed E-state index contributed by atoms with van der Waals surface area (Å²) in [6, 6.07) is 39.0. The Bertz CT molecular complexity index is 4300. The maximum absolute atomic E-state index is 11.6. The summed E-state index contributed by atoms with van der Waals surface area (Å²) in [6.45, 7) is 9.95. The van der Waals surface area contributed by atoms with E-state index in [-0.39, 0.29) is 81.6 Å². The molecule has 105 heavy (non-hydrogen) atoms. The molecule has 0 saturated carbocycles. The Hall–Kier alpha value is -7.54. The van der Waals surface area contributed by atoms with Crippen LogP contribution < -0.4 is 33.0 Å². The molecular weight excluding hydrogens is 1910 g/mol. The number of esters is 5. The summed E-state index contributed by atoms with van der Waals surface area (Å²) in [6.07, 6.45) is 16.8. The van der Waals surface area contributed by atoms with Crippen molar-refractivity contribution in [3.63, 3.8) is 0 Å². The molecule has 10 rings (SSSR count). The van der Waals surface area contributed by atoms with Crippen LogP contribution in [0.5, 0.6) is 0 Å². The van der Waals surface area contributed by atoms with Crippen LogP contribution in [0, 0.1) is 38.7 Å². The van der Waals surface area contributed by atoms with E-state index in [1.54, 1.807) is 164 Å². The number of pyridine rings is 5. The number of hydrogen-bond acceptors (Lipinski definition) is 21. The number of ether oxygens (including phenoxy) is 5. The summed E-state index contributed by atoms with van der Waals surface area (Å²) in [7, 11) is 9.63. The van der Waals surface area contributed by atoms with Crippen LogP contribution in [0.1, 0.15) is 83.6 Å². The van der Waals surface area contributed by atoms with E-state index >= 15 is 0 Å². The zero-order valence-corrected chi connectivity index (χ0v) is 69.9. The van der Waals surface area contributed by atoms with Gasteiger partial charge in [0.1, 0.15) is 26.5 Å². The van der Waals surface area contributed by atoms with E-state index in [2.05, 4.69) is 73.9 Å². The van der Waals surface area contributed by atoms with Gasteiger partial charge in [0.2, 0.25) is 5.78 Å². The Morgan fingerprint density at radius 1 is 0.600 bits per heavy atom. The van der Waals surface area contributed by atoms with E-state index in [4.69, 9.17) is 125 Å². The fourth-order valence-corrected chi connectivity index (χ4v) is 8.49. The molecule has 2 aromatic carbocycles. The number of rotatable bonds is 14. The number of carbonyl (C=O) groups is 7. The molecular formula is C68H67Br3Cl7IN12O13Pd. The molecule has 10 aromatic rings. The third-order valence-electron chi connectivity index (χ3n) is 11.1. The van der Waals surface area contributed by atoms with Gasteiger partial charge in [-0.1, -0.05) is 110 Å². The molecule has 564 valence electrons. The summed E-state index contributed by atoms with van der Waals surface area (Å²) >= 11 is 33.5. The number of terminal acetylenes is 1. The predicted molar refractivity (Wildman–Crippen MR) is 413 cm³/mol. The van der Waals surface area contributed by atoms with Gasteiger partial charge in [0, 0.05) is 88.0 Å². The van der Waals surface area contributed by atoms with E-state index in [1.807, 2.05) is 48.5 Å². The number of aliphatic hydroxyl groups is 1. The average molecular weight is 1980 g/mol. The number of ketones is 2. The van der Waals surface area contributed by atoms with Crippen molar-refractivity contribution in [3.05, 3.63) is 222 Å². The van der Waals surface area contributed by atoms with Gasteiger partial charge in [-0.05, 0) is 118 Å². The van der Waals surface area contributed by atoms with E-state index in [0.29, 0.717) is 108 Å². The number of fused-ring (bicyclic) bond motifs is 3. The topological polar surface area (TPSA) is 354 Å². The third kappa shape index (κ3) is 40.7. The maximum atomic E-state index is 11.6. The van der Waals surface area contributed by atoms with Gasteiger partial charge in [0.25, 0.3) is 11.6 Å². The number of nitrogen functional groups attached to an aromatic ring is 2. The molecule has 8 heterocycles. The summed E-state index contributed by atoms with van der Waals surface area (Å²) in [5.41, 5.74) is 15.1. The summed E-state index contributed by atoms with van der Waals surface area (Å²) in [4.78, 5) is 93.6. The molecule has 8 aromatic heterocycles. The Kier molecular flexibility index (Phi) is 55.6. The van der Waals surface area contributed by atoms with E-state index in [1.165, 1.54) is 16.8 Å². The number of hydrogen-bond donors (Lipinski definition) is 3. The van der Waals surface area contributed by atoms with Crippen molar-refractivity contribution in [2.45, 2.75) is 47.6 Å². The van der Waals surface area contributed by atoms with Crippen molar-refractivity contribution < 1.29 is 99.8 Å². The molecule has 0 atom stereocenters. The predicted octanol–water partition coefficient (Wildman–Crippen LogP) is 11.3. The standard InChI is InChI=1S/C10H8ClIN2O2.C10H11ClN2O3.2C10H9ClN2O2.2C7H5N.C5H7BrO3.C5H5ClN2.C4H6O.2BrH.2ClH.Pd/c1-2-16-10(15)8-9(12)14-4-3-6(11)5-7(14)13-8;1-2-16-10(15)8(14)6-13-4-3-7(11)5-9(13)12;2*1-2-15-10(14)8-6-13-4-3-7(11)5-9(13)12-8;2*8-6-7-4-2-1-3-5-7;1-2-9-5(8)4(7)3-6;6-4-1-2-8-5(7)3-4;1-2-3-4-5;;;;;/h3-5H,2H2,1H3;3-5,12H,2,6H2,1H3;2*3-6H,2H2,1H3;2*1-5H;2-3H2,1H3;1-3H,(H2,7,8);1,5H,3-4H2;4*1H;/q;;;;;;;;;;;;;+2/p-2. The van der Waals surface area contributed by atoms with Crippen LogP contribution >= 0.6 is 133 Å². The van der Waals surface area contributed by atoms with Gasteiger partial charge in [-0.25, -0.2) is 48.5 Å². The number of nitriles is 2. The quantitative estimate of drug-likeness (QED) is 0.0133. The van der Waals surface area contributed by atoms with Crippen molar-refractivity contribution >= 4 is 203 Å². The Morgan fingerprint density at radius 2 is 1.01 bits per heavy atom. The number of nitrogens with zero attached hydrogens (tertiary/aromatic N) is 10. The number of nitrogens with two attached hydrogens (primary N) is 2. The Morgan fingerprint density at radius 3 is 1.37 bits per heavy atom. The SMILES string of the molecule is Br.C#CCCO.CCOC(=O)C(=O)CBr.CCOC(=O)C(=O)C[n+]1ccc(Cl)cc1N.CCOC(=O)c1cn2ccc(Cl)cc2n1.CCOC(=O)c1cn2ccc(Cl)cc2n1.CCOC(=O)c1nc2cc(Cl)ccn2c1I.N#Cc1ccccc1.N#Cc1ccccc1.Nc1cc(Cl)ccn1.[Br-].[Cl][Pd][Cl]. The van der Waals surface area contributed by atoms with E-state index < -0.39 is 41.4 Å². The molecule has 0 fully saturated rings. The molecule has 5 N–H and O–H groups in total. The number of alkyl halides is 1. The molecule has 0 unspecified atom stereocenters. The monoisotopic (exact) mass is 1970 g/mol. The van der Waals surface area contributed by atoms with Crippen LogP contribution in [0.15, 0.2) is 165 Å². The van der Waals surface area contributed by atoms with Gasteiger partial charge in [0.15, 0.2) is 23.6 Å². The third-order valence-corrected chi connectivity index (χ3v) is 13.8. The number of aliphatic hydroxyl groups excluding tert-OH is 1. The van der Waals surface area contributed by atoms with Crippen LogP contribution in [0.4, 0.5) is 11.6 Å². The van der Waals surface area contributed by atoms with Crippen LogP contribution in [0.3, 0.4) is 0 Å². The molecule has 0 bridgehead atoms. The molecule has 37 heteroatoms. The Labute approximate surface area is 689 Å². The first kappa shape index (κ1) is 99.5. The molecule has 0 aliphatic rings. The average Bonchev–Trinajstić information content (AvgIpc) is 1.67. The summed E-state index contributed by atoms with van der Waals surface area (Å²) < 4.78 is 30.9. The van der Waals surface area contributed by atoms with Crippen molar-refractivity contribution in [1.82, 2.24) is 33.1 Å². The number of halogens is 11. The van der Waals surface area contributed by atoms with Crippen LogP contribution in [-0.2, 0) is 65.3 Å². The van der Waals surface area contributed by atoms with Crippen molar-refractivity contribution in [2.24, 2.45) is 0 Å². The van der Waals surface area contributed by atoms with E-state index in [9.17, 15) is 33.6 Å². The van der Waals surface area contributed by atoms with Gasteiger partial charge in [-0.15, -0.1) is 29.3 Å². The van der Waals surface area contributed by atoms with Gasteiger partial charge in [0.05, 0.1) is 79.5 Å². The van der Waals surface area contributed by atoms with Crippen molar-refractivity contribution in [3.8, 4) is 24.5 Å². The molecule has 0 saturated heterocycles. The zero-order chi connectivity index (χ0) is 77.2. The second-order valence-electron chi connectivity index (χ2n) is 18.4. The molecule has 0 radical (unpaired) electrons. The van der Waals surface area contributed by atoms with Gasteiger partial charge in [-0.3, -0.25) is 19.7 Å². The molecule has 0 spiro atoms. The number of anilines is 2. The van der Waals surface area contributed by atoms with Crippen LogP contribution in [0.2, 0.25) is 25.1 Å². The van der Waals surface area contributed by atoms with E-state index in [0.717, 1.165) is 3.70 Å². The molecule has 0 aliphatic carbocycles. The first-order valence-corrected chi connectivity index (χ1v) is 37.6. The van der Waals surface area contributed by atoms with Crippen molar-refractivity contribution in [2.75, 3.05) is 56.4 Å². The van der Waals surface area contributed by atoms with Gasteiger partial charge < -0.3 is 60.3 Å². The minimum absolute atomic E-state index is 0. The number of benzene rings is 2. The second kappa shape index (κ2) is 58.6. The fourth-order valence-electron chi connectivity index (χ4n) is 6.71. The Balaban J connectivity index is 0. The molecule has 25 nitrogen and oxygen atoms in total. The second-order valence-corrected chi connectivity index (χ2v) is 24.5. The van der Waals surface area contributed by atoms with Crippen molar-refractivity contribution in [1.29, 1.82) is 10.5 Å². The van der Waals surface area contributed by atoms with Crippen LogP contribution in [0.25, 0.3) is 16.9 Å². The first-order valence-electron chi connectivity index (χ1n) is 29.5. The number of Topliss-reactive ketones (excluding diaryl/α,β-unsaturated/α-hetero) is 2. The summed E-state index contributed by atoms with van der Waals surface area (Å²) in [5, 5.41) is 27.4. The number of aromatic nitrogens is 8. The normalized spacial score (nSPS) is 9.30. The molecule has 0 amide bonds. The fraction of sp³-hybridized carbons (Fsp3) is 0.206. The first-order chi connectivity index (χ1) is 49.3.